The fourth-order valence-electron chi connectivity index (χ4n) is 0.815. The SMILES string of the molecule is CCOC(/C=C\N(C)C)=C(/C=O)NC=O. The molecule has 0 radical (unpaired) electrons. The Balaban J connectivity index is 4.86. The maximum Gasteiger partial charge on any atom is 0.211 e. The van der Waals surface area contributed by atoms with Crippen molar-refractivity contribution in [3.05, 3.63) is 23.7 Å². The van der Waals surface area contributed by atoms with Gasteiger partial charge in [-0.3, -0.25) is 9.59 Å². The summed E-state index contributed by atoms with van der Waals surface area (Å²) < 4.78 is 5.21. The summed E-state index contributed by atoms with van der Waals surface area (Å²) in [6.07, 6.45) is 4.32. The molecule has 1 amide bonds. The van der Waals surface area contributed by atoms with Gasteiger partial charge in [0, 0.05) is 20.3 Å². The van der Waals surface area contributed by atoms with Crippen LogP contribution in [0.25, 0.3) is 0 Å². The van der Waals surface area contributed by atoms with Crippen LogP contribution in [-0.2, 0) is 14.3 Å². The van der Waals surface area contributed by atoms with Crippen molar-refractivity contribution >= 4 is 12.7 Å². The molecular formula is C10H16N2O3. The van der Waals surface area contributed by atoms with Crippen molar-refractivity contribution in [3.8, 4) is 0 Å². The van der Waals surface area contributed by atoms with Gasteiger partial charge >= 0.3 is 0 Å². The van der Waals surface area contributed by atoms with Crippen molar-refractivity contribution in [2.75, 3.05) is 20.7 Å². The van der Waals surface area contributed by atoms with E-state index >= 15 is 0 Å². The van der Waals surface area contributed by atoms with Crippen LogP contribution in [0.3, 0.4) is 0 Å². The second kappa shape index (κ2) is 7.61. The summed E-state index contributed by atoms with van der Waals surface area (Å²) in [6, 6.07) is 0. The quantitative estimate of drug-likeness (QED) is 0.284. The Morgan fingerprint density at radius 3 is 2.47 bits per heavy atom. The van der Waals surface area contributed by atoms with E-state index in [0.717, 1.165) is 0 Å². The topological polar surface area (TPSA) is 58.6 Å². The first-order valence-corrected chi connectivity index (χ1v) is 4.52. The van der Waals surface area contributed by atoms with E-state index in [4.69, 9.17) is 4.74 Å². The average Bonchev–Trinajstić information content (AvgIpc) is 2.21. The van der Waals surface area contributed by atoms with Gasteiger partial charge in [-0.1, -0.05) is 0 Å². The highest BCUT2D eigenvalue weighted by atomic mass is 16.5. The third kappa shape index (κ3) is 5.51. The minimum Gasteiger partial charge on any atom is -0.492 e. The Hall–Kier alpha value is -1.78. The van der Waals surface area contributed by atoms with E-state index in [1.54, 1.807) is 24.1 Å². The fraction of sp³-hybridized carbons (Fsp3) is 0.400. The van der Waals surface area contributed by atoms with Crippen LogP contribution in [0.5, 0.6) is 0 Å². The zero-order chi connectivity index (χ0) is 11.7. The summed E-state index contributed by atoms with van der Waals surface area (Å²) >= 11 is 0. The number of allylic oxidation sites excluding steroid dienone is 2. The molecule has 84 valence electrons. The number of ether oxygens (including phenoxy) is 1. The molecule has 0 aromatic heterocycles. The zero-order valence-electron chi connectivity index (χ0n) is 9.19. The van der Waals surface area contributed by atoms with E-state index in [9.17, 15) is 9.59 Å². The Kier molecular flexibility index (Phi) is 6.70. The summed E-state index contributed by atoms with van der Waals surface area (Å²) in [4.78, 5) is 22.7. The van der Waals surface area contributed by atoms with Gasteiger partial charge < -0.3 is 15.0 Å². The van der Waals surface area contributed by atoms with Crippen molar-refractivity contribution in [1.82, 2.24) is 10.2 Å². The first-order valence-electron chi connectivity index (χ1n) is 4.52. The summed E-state index contributed by atoms with van der Waals surface area (Å²) in [5, 5.41) is 2.28. The minimum atomic E-state index is 0.116. The van der Waals surface area contributed by atoms with Crippen LogP contribution in [-0.4, -0.2) is 38.3 Å². The maximum atomic E-state index is 10.6. The van der Waals surface area contributed by atoms with Crippen LogP contribution in [0.4, 0.5) is 0 Å². The summed E-state index contributed by atoms with van der Waals surface area (Å²) in [5.74, 6) is 0.341. The van der Waals surface area contributed by atoms with Crippen molar-refractivity contribution < 1.29 is 14.3 Å². The standard InChI is InChI=1S/C10H16N2O3/c1-4-15-10(5-6-12(2)3)9(7-13)11-8-14/h5-8H,4H2,1-3H3,(H,11,14)/b6-5-,10-9-. The molecule has 0 aliphatic carbocycles. The molecule has 0 fully saturated rings. The van der Waals surface area contributed by atoms with E-state index in [-0.39, 0.29) is 5.70 Å². The first-order chi connectivity index (χ1) is 7.15. The number of amides is 1. The summed E-state index contributed by atoms with van der Waals surface area (Å²) in [6.45, 7) is 2.22. The van der Waals surface area contributed by atoms with E-state index < -0.39 is 0 Å². The van der Waals surface area contributed by atoms with Gasteiger partial charge in [0.05, 0.1) is 6.61 Å². The van der Waals surface area contributed by atoms with E-state index in [0.29, 0.717) is 25.1 Å². The molecule has 0 heterocycles. The minimum absolute atomic E-state index is 0.116. The molecule has 0 saturated carbocycles. The maximum absolute atomic E-state index is 10.6. The summed E-state index contributed by atoms with van der Waals surface area (Å²) in [7, 11) is 3.68. The average molecular weight is 212 g/mol. The molecule has 5 heteroatoms. The van der Waals surface area contributed by atoms with Crippen molar-refractivity contribution in [2.45, 2.75) is 6.92 Å². The van der Waals surface area contributed by atoms with Crippen LogP contribution >= 0.6 is 0 Å². The Labute approximate surface area is 89.4 Å². The molecule has 0 rings (SSSR count). The number of hydrogen-bond acceptors (Lipinski definition) is 4. The number of carbonyl (C=O) groups is 2. The van der Waals surface area contributed by atoms with E-state index in [1.807, 2.05) is 14.1 Å². The Morgan fingerprint density at radius 1 is 1.40 bits per heavy atom. The molecule has 15 heavy (non-hydrogen) atoms. The number of carbonyl (C=O) groups excluding carboxylic acids is 2. The highest BCUT2D eigenvalue weighted by Gasteiger charge is 2.03. The molecule has 1 N–H and O–H groups in total. The Bertz CT molecular complexity index is 270. The lowest BCUT2D eigenvalue weighted by molar-refractivity contribution is -0.111. The van der Waals surface area contributed by atoms with Crippen LogP contribution in [0.1, 0.15) is 6.92 Å². The molecule has 0 aromatic rings. The molecule has 5 nitrogen and oxygen atoms in total. The number of hydrogen-bond donors (Lipinski definition) is 1. The van der Waals surface area contributed by atoms with Gasteiger partial charge in [0.2, 0.25) is 6.41 Å². The molecular weight excluding hydrogens is 196 g/mol. The number of aldehydes is 1. The Morgan fingerprint density at radius 2 is 2.07 bits per heavy atom. The number of nitrogens with zero attached hydrogens (tertiary/aromatic N) is 1. The highest BCUT2D eigenvalue weighted by Crippen LogP contribution is 2.04. The zero-order valence-corrected chi connectivity index (χ0v) is 9.19. The van der Waals surface area contributed by atoms with Gasteiger partial charge in [0.15, 0.2) is 6.29 Å². The van der Waals surface area contributed by atoms with Gasteiger partial charge in [0.25, 0.3) is 0 Å². The molecule has 0 aliphatic heterocycles. The molecule has 0 bridgehead atoms. The van der Waals surface area contributed by atoms with Crippen molar-refractivity contribution in [2.24, 2.45) is 0 Å². The third-order valence-electron chi connectivity index (χ3n) is 1.42. The largest absolute Gasteiger partial charge is 0.492 e. The van der Waals surface area contributed by atoms with E-state index in [1.165, 1.54) is 0 Å². The van der Waals surface area contributed by atoms with Crippen molar-refractivity contribution in [1.29, 1.82) is 0 Å². The third-order valence-corrected chi connectivity index (χ3v) is 1.42. The van der Waals surface area contributed by atoms with Gasteiger partial charge in [-0.05, 0) is 13.0 Å². The van der Waals surface area contributed by atoms with Crippen molar-refractivity contribution in [3.63, 3.8) is 0 Å². The van der Waals surface area contributed by atoms with Gasteiger partial charge in [-0.15, -0.1) is 0 Å². The summed E-state index contributed by atoms with van der Waals surface area (Å²) in [5.41, 5.74) is 0.116. The number of nitrogens with one attached hydrogen (secondary N) is 1. The van der Waals surface area contributed by atoms with Gasteiger partial charge in [-0.25, -0.2) is 0 Å². The smallest absolute Gasteiger partial charge is 0.211 e. The van der Waals surface area contributed by atoms with E-state index in [2.05, 4.69) is 5.32 Å². The van der Waals surface area contributed by atoms with Crippen LogP contribution < -0.4 is 5.32 Å². The molecule has 0 aliphatic rings. The normalized spacial score (nSPS) is 11.9. The lowest BCUT2D eigenvalue weighted by atomic mass is 10.3. The molecule has 0 spiro atoms. The predicted molar refractivity (Wildman–Crippen MR) is 56.7 cm³/mol. The first kappa shape index (κ1) is 13.2. The van der Waals surface area contributed by atoms with Crippen LogP contribution in [0.2, 0.25) is 0 Å². The van der Waals surface area contributed by atoms with Crippen LogP contribution in [0.15, 0.2) is 23.7 Å². The second-order valence-electron chi connectivity index (χ2n) is 2.87. The lowest BCUT2D eigenvalue weighted by Crippen LogP contribution is -2.15. The van der Waals surface area contributed by atoms with Gasteiger partial charge in [0.1, 0.15) is 11.5 Å². The number of rotatable bonds is 7. The molecule has 0 aromatic carbocycles. The lowest BCUT2D eigenvalue weighted by Gasteiger charge is -2.09. The van der Waals surface area contributed by atoms with Crippen LogP contribution in [0, 0.1) is 0 Å². The molecule has 0 saturated heterocycles. The van der Waals surface area contributed by atoms with Gasteiger partial charge in [-0.2, -0.15) is 0 Å². The fourth-order valence-corrected chi connectivity index (χ4v) is 0.815. The molecule has 0 unspecified atom stereocenters. The monoisotopic (exact) mass is 212 g/mol. The highest BCUT2D eigenvalue weighted by molar-refractivity contribution is 5.78. The molecule has 0 atom stereocenters. The second-order valence-corrected chi connectivity index (χ2v) is 2.87. The predicted octanol–water partition coefficient (Wildman–Crippen LogP) is 0.255.